The zero-order chi connectivity index (χ0) is 14.7. The molecule has 1 aromatic heterocycles. The van der Waals surface area contributed by atoms with E-state index < -0.39 is 0 Å². The molecule has 1 saturated heterocycles. The second-order valence-electron chi connectivity index (χ2n) is 4.98. The number of hydrogen-bond donors (Lipinski definition) is 0. The zero-order valence-corrected chi connectivity index (χ0v) is 11.6. The minimum absolute atomic E-state index is 0.181. The van der Waals surface area contributed by atoms with Crippen LogP contribution in [-0.2, 0) is 0 Å². The van der Waals surface area contributed by atoms with Crippen molar-refractivity contribution in [3.05, 3.63) is 58.9 Å². The molecular weight excluding hydrogens is 268 g/mol. The maximum Gasteiger partial charge on any atom is 0.292 e. The van der Waals surface area contributed by atoms with Gasteiger partial charge in [-0.2, -0.15) is 0 Å². The third-order valence-electron chi connectivity index (χ3n) is 3.76. The van der Waals surface area contributed by atoms with E-state index in [-0.39, 0.29) is 10.6 Å². The molecule has 0 aliphatic carbocycles. The Morgan fingerprint density at radius 2 is 1.57 bits per heavy atom. The van der Waals surface area contributed by atoms with Crippen LogP contribution in [0.15, 0.2) is 48.8 Å². The summed E-state index contributed by atoms with van der Waals surface area (Å²) in [6, 6.07) is 11.0. The van der Waals surface area contributed by atoms with E-state index in [2.05, 4.69) is 14.8 Å². The van der Waals surface area contributed by atoms with Crippen LogP contribution in [0.3, 0.4) is 0 Å². The van der Waals surface area contributed by atoms with E-state index in [0.29, 0.717) is 5.69 Å². The molecule has 3 rings (SSSR count). The Morgan fingerprint density at radius 1 is 0.952 bits per heavy atom. The van der Waals surface area contributed by atoms with Gasteiger partial charge in [0.1, 0.15) is 5.69 Å². The van der Waals surface area contributed by atoms with Crippen LogP contribution in [0.4, 0.5) is 17.1 Å². The maximum absolute atomic E-state index is 11.1. The maximum atomic E-state index is 11.1. The summed E-state index contributed by atoms with van der Waals surface area (Å²) in [5.41, 5.74) is 2.07. The van der Waals surface area contributed by atoms with E-state index in [9.17, 15) is 10.1 Å². The molecule has 1 aromatic carbocycles. The van der Waals surface area contributed by atoms with Crippen LogP contribution in [0, 0.1) is 10.1 Å². The van der Waals surface area contributed by atoms with Crippen molar-refractivity contribution in [2.45, 2.75) is 0 Å². The van der Waals surface area contributed by atoms with Gasteiger partial charge in [-0.25, -0.2) is 4.98 Å². The number of nitro benzene ring substituents is 1. The first-order valence-corrected chi connectivity index (χ1v) is 6.95. The summed E-state index contributed by atoms with van der Waals surface area (Å²) < 4.78 is 0. The highest BCUT2D eigenvalue weighted by molar-refractivity contribution is 5.64. The first-order chi connectivity index (χ1) is 10.3. The number of anilines is 2. The van der Waals surface area contributed by atoms with Crippen molar-refractivity contribution in [1.82, 2.24) is 0 Å². The molecule has 0 amide bonds. The topological polar surface area (TPSA) is 63.8 Å². The lowest BCUT2D eigenvalue weighted by molar-refractivity contribution is -0.384. The number of H-pyrrole nitrogens is 1. The monoisotopic (exact) mass is 285 g/mol. The largest absolute Gasteiger partial charge is 0.368 e. The van der Waals surface area contributed by atoms with Crippen molar-refractivity contribution in [2.75, 3.05) is 36.0 Å². The molecule has 108 valence electrons. The molecule has 6 nitrogen and oxygen atoms in total. The number of nitro groups is 1. The number of para-hydroxylation sites is 2. The van der Waals surface area contributed by atoms with Crippen LogP contribution >= 0.6 is 0 Å². The Hall–Kier alpha value is -2.63. The number of nitrogens with zero attached hydrogens (tertiary/aromatic N) is 3. The van der Waals surface area contributed by atoms with Gasteiger partial charge >= 0.3 is 0 Å². The highest BCUT2D eigenvalue weighted by atomic mass is 16.6. The third kappa shape index (κ3) is 2.79. The first-order valence-electron chi connectivity index (χ1n) is 6.95. The van der Waals surface area contributed by atoms with E-state index in [4.69, 9.17) is 0 Å². The predicted molar refractivity (Wildman–Crippen MR) is 80.5 cm³/mol. The van der Waals surface area contributed by atoms with E-state index in [1.165, 1.54) is 5.69 Å². The van der Waals surface area contributed by atoms with E-state index >= 15 is 0 Å². The Balaban J connectivity index is 1.73. The molecule has 0 atom stereocenters. The molecule has 1 aliphatic heterocycles. The number of benzene rings is 1. The Bertz CT molecular complexity index is 625. The number of aromatic nitrogens is 1. The summed E-state index contributed by atoms with van der Waals surface area (Å²) in [4.78, 5) is 18.2. The van der Waals surface area contributed by atoms with Crippen LogP contribution in [0.25, 0.3) is 0 Å². The Morgan fingerprint density at radius 3 is 2.24 bits per heavy atom. The van der Waals surface area contributed by atoms with Crippen LogP contribution < -0.4 is 14.8 Å². The van der Waals surface area contributed by atoms with E-state index in [1.54, 1.807) is 12.1 Å². The molecule has 1 N–H and O–H groups in total. The lowest BCUT2D eigenvalue weighted by Crippen LogP contribution is -2.46. The molecule has 0 spiro atoms. The smallest absolute Gasteiger partial charge is 0.292 e. The lowest BCUT2D eigenvalue weighted by Gasteiger charge is -2.36. The summed E-state index contributed by atoms with van der Waals surface area (Å²) in [6.45, 7) is 3.28. The van der Waals surface area contributed by atoms with Crippen LogP contribution in [0.5, 0.6) is 0 Å². The van der Waals surface area contributed by atoms with Crippen LogP contribution in [0.1, 0.15) is 0 Å². The number of nitrogens with one attached hydrogen (secondary N) is 1. The minimum Gasteiger partial charge on any atom is -0.368 e. The second-order valence-corrected chi connectivity index (χ2v) is 4.98. The summed E-state index contributed by atoms with van der Waals surface area (Å²) in [5, 5.41) is 11.1. The van der Waals surface area contributed by atoms with Gasteiger partial charge in [0.25, 0.3) is 5.69 Å². The summed E-state index contributed by atoms with van der Waals surface area (Å²) in [7, 11) is 0. The fraction of sp³-hybridized carbons (Fsp3) is 0.267. The van der Waals surface area contributed by atoms with E-state index in [0.717, 1.165) is 26.2 Å². The molecule has 1 aliphatic rings. The molecule has 21 heavy (non-hydrogen) atoms. The third-order valence-corrected chi connectivity index (χ3v) is 3.76. The number of rotatable bonds is 3. The highest BCUT2D eigenvalue weighted by Crippen LogP contribution is 2.28. The fourth-order valence-electron chi connectivity index (χ4n) is 2.68. The molecule has 0 saturated carbocycles. The Labute approximate surface area is 122 Å². The quantitative estimate of drug-likeness (QED) is 0.636. The molecular formula is C15H17N4O2+. The molecule has 0 bridgehead atoms. The normalized spacial score (nSPS) is 15.0. The van der Waals surface area contributed by atoms with Crippen LogP contribution in [-0.4, -0.2) is 31.1 Å². The average molecular weight is 285 g/mol. The van der Waals surface area contributed by atoms with Gasteiger partial charge in [-0.3, -0.25) is 10.1 Å². The van der Waals surface area contributed by atoms with E-state index in [1.807, 2.05) is 36.7 Å². The van der Waals surface area contributed by atoms with Gasteiger partial charge in [-0.15, -0.1) is 0 Å². The summed E-state index contributed by atoms with van der Waals surface area (Å²) >= 11 is 0. The molecule has 0 radical (unpaired) electrons. The van der Waals surface area contributed by atoms with Crippen molar-refractivity contribution in [3.8, 4) is 0 Å². The van der Waals surface area contributed by atoms with Crippen molar-refractivity contribution < 1.29 is 9.91 Å². The first kappa shape index (κ1) is 13.4. The van der Waals surface area contributed by atoms with Gasteiger partial charge < -0.3 is 9.80 Å². The van der Waals surface area contributed by atoms with Crippen molar-refractivity contribution in [1.29, 1.82) is 0 Å². The van der Waals surface area contributed by atoms with Crippen molar-refractivity contribution in [3.63, 3.8) is 0 Å². The predicted octanol–water partition coefficient (Wildman–Crippen LogP) is 1.74. The van der Waals surface area contributed by atoms with Crippen LogP contribution in [0.2, 0.25) is 0 Å². The number of piperazine rings is 1. The summed E-state index contributed by atoms with van der Waals surface area (Å²) in [6.07, 6.45) is 3.81. The van der Waals surface area contributed by atoms with Crippen molar-refractivity contribution in [2.24, 2.45) is 0 Å². The molecule has 0 unspecified atom stereocenters. The number of pyridine rings is 1. The molecule has 2 heterocycles. The van der Waals surface area contributed by atoms with Gasteiger partial charge in [-0.05, 0) is 6.07 Å². The standard InChI is InChI=1S/C15H16N4O2/c20-19(21)15-4-2-1-3-14(15)18-11-9-17(10-12-18)13-5-7-16-8-6-13/h1-8H,9-12H2/p+1. The van der Waals surface area contributed by atoms with Crippen molar-refractivity contribution >= 4 is 17.1 Å². The summed E-state index contributed by atoms with van der Waals surface area (Å²) in [5.74, 6) is 0. The zero-order valence-electron chi connectivity index (χ0n) is 11.6. The molecule has 6 heteroatoms. The highest BCUT2D eigenvalue weighted by Gasteiger charge is 2.23. The number of aromatic amines is 1. The molecule has 2 aromatic rings. The average Bonchev–Trinajstić information content (AvgIpc) is 2.56. The van der Waals surface area contributed by atoms with Gasteiger partial charge in [0, 0.05) is 50.1 Å². The Kier molecular flexibility index (Phi) is 3.68. The fourth-order valence-corrected chi connectivity index (χ4v) is 2.68. The van der Waals surface area contributed by atoms with Gasteiger partial charge in [0.15, 0.2) is 12.4 Å². The second kappa shape index (κ2) is 5.78. The minimum atomic E-state index is -0.311. The van der Waals surface area contributed by atoms with Gasteiger partial charge in [-0.1, -0.05) is 12.1 Å². The number of hydrogen-bond acceptors (Lipinski definition) is 4. The lowest BCUT2D eigenvalue weighted by atomic mass is 10.2. The SMILES string of the molecule is O=[N+]([O-])c1ccccc1N1CCN(c2cc[nH+]cc2)CC1. The van der Waals surface area contributed by atoms with Gasteiger partial charge in [0.2, 0.25) is 0 Å². The molecule has 1 fully saturated rings. The van der Waals surface area contributed by atoms with Gasteiger partial charge in [0.05, 0.1) is 4.92 Å².